The van der Waals surface area contributed by atoms with E-state index in [2.05, 4.69) is 10.4 Å². The third-order valence-electron chi connectivity index (χ3n) is 3.19. The minimum atomic E-state index is -0.432. The summed E-state index contributed by atoms with van der Waals surface area (Å²) in [5.74, 6) is 0.540. The van der Waals surface area contributed by atoms with Gasteiger partial charge in [0.2, 0.25) is 0 Å². The van der Waals surface area contributed by atoms with E-state index in [-0.39, 0.29) is 5.69 Å². The second-order valence-electron chi connectivity index (χ2n) is 4.58. The van der Waals surface area contributed by atoms with Gasteiger partial charge in [0.1, 0.15) is 11.4 Å². The fourth-order valence-corrected chi connectivity index (χ4v) is 2.02. The Bertz CT molecular complexity index is 652. The fourth-order valence-electron chi connectivity index (χ4n) is 2.02. The summed E-state index contributed by atoms with van der Waals surface area (Å²) in [6.45, 7) is 5.51. The van der Waals surface area contributed by atoms with Gasteiger partial charge in [0.05, 0.1) is 17.7 Å². The molecule has 2 rings (SSSR count). The van der Waals surface area contributed by atoms with Crippen LogP contribution in [0.15, 0.2) is 24.4 Å². The number of nitro groups is 1. The third-order valence-corrected chi connectivity index (χ3v) is 3.19. The summed E-state index contributed by atoms with van der Waals surface area (Å²) in [4.78, 5) is 10.5. The minimum Gasteiger partial charge on any atom is -0.494 e. The lowest BCUT2D eigenvalue weighted by Crippen LogP contribution is -2.11. The Morgan fingerprint density at radius 3 is 2.86 bits per heavy atom. The summed E-state index contributed by atoms with van der Waals surface area (Å²) in [5.41, 5.74) is 2.49. The molecule has 0 spiro atoms. The van der Waals surface area contributed by atoms with Gasteiger partial charge in [-0.15, -0.1) is 0 Å². The number of ether oxygens (including phenoxy) is 1. The van der Waals surface area contributed by atoms with Gasteiger partial charge in [0.15, 0.2) is 0 Å². The van der Waals surface area contributed by atoms with Crippen LogP contribution in [0.25, 0.3) is 5.69 Å². The monoisotopic (exact) mass is 290 g/mol. The highest BCUT2D eigenvalue weighted by Crippen LogP contribution is 2.27. The Kier molecular flexibility index (Phi) is 4.54. The first kappa shape index (κ1) is 15.0. The average molecular weight is 290 g/mol. The zero-order chi connectivity index (χ0) is 15.4. The van der Waals surface area contributed by atoms with Gasteiger partial charge in [-0.05, 0) is 19.5 Å². The van der Waals surface area contributed by atoms with Crippen molar-refractivity contribution in [2.24, 2.45) is 0 Å². The molecule has 1 aromatic carbocycles. The Morgan fingerprint density at radius 2 is 2.24 bits per heavy atom. The quantitative estimate of drug-likeness (QED) is 0.651. The van der Waals surface area contributed by atoms with Gasteiger partial charge in [-0.25, -0.2) is 4.68 Å². The lowest BCUT2D eigenvalue weighted by molar-refractivity contribution is -0.384. The molecule has 112 valence electrons. The molecule has 0 bridgehead atoms. The van der Waals surface area contributed by atoms with Crippen LogP contribution < -0.4 is 10.1 Å². The predicted octanol–water partition coefficient (Wildman–Crippen LogP) is 2.21. The molecule has 1 N–H and O–H groups in total. The number of methoxy groups -OCH3 is 1. The topological polar surface area (TPSA) is 82.2 Å². The molecule has 0 amide bonds. The van der Waals surface area contributed by atoms with Crippen LogP contribution in [0.3, 0.4) is 0 Å². The number of hydrogen-bond donors (Lipinski definition) is 1. The molecule has 7 heteroatoms. The molecule has 2 aromatic rings. The highest BCUT2D eigenvalue weighted by Gasteiger charge is 2.15. The smallest absolute Gasteiger partial charge is 0.271 e. The second-order valence-corrected chi connectivity index (χ2v) is 4.58. The van der Waals surface area contributed by atoms with Crippen molar-refractivity contribution < 1.29 is 9.66 Å². The number of aryl methyl sites for hydroxylation is 1. The Hall–Kier alpha value is -2.41. The van der Waals surface area contributed by atoms with Crippen molar-refractivity contribution in [2.45, 2.75) is 20.4 Å². The third kappa shape index (κ3) is 3.19. The molecule has 0 aliphatic rings. The van der Waals surface area contributed by atoms with Crippen LogP contribution in [0.5, 0.6) is 5.75 Å². The molecule has 0 fully saturated rings. The van der Waals surface area contributed by atoms with Crippen molar-refractivity contribution >= 4 is 5.69 Å². The number of nitro benzene ring substituents is 1. The van der Waals surface area contributed by atoms with Crippen molar-refractivity contribution in [1.82, 2.24) is 15.1 Å². The molecule has 7 nitrogen and oxygen atoms in total. The SMILES string of the molecule is CCNCc1cn(-c2cc([N+](=O)[O-])ccc2OC)nc1C. The number of rotatable bonds is 6. The van der Waals surface area contributed by atoms with E-state index in [1.807, 2.05) is 20.0 Å². The second kappa shape index (κ2) is 6.36. The van der Waals surface area contributed by atoms with Crippen molar-refractivity contribution in [3.8, 4) is 11.4 Å². The van der Waals surface area contributed by atoms with Crippen LogP contribution >= 0.6 is 0 Å². The zero-order valence-corrected chi connectivity index (χ0v) is 12.3. The van der Waals surface area contributed by atoms with Crippen LogP contribution in [-0.4, -0.2) is 28.4 Å². The van der Waals surface area contributed by atoms with E-state index < -0.39 is 4.92 Å². The summed E-state index contributed by atoms with van der Waals surface area (Å²) in [6, 6.07) is 4.45. The van der Waals surface area contributed by atoms with Crippen LogP contribution in [0, 0.1) is 17.0 Å². The van der Waals surface area contributed by atoms with Crippen molar-refractivity contribution in [3.05, 3.63) is 45.8 Å². The van der Waals surface area contributed by atoms with Gasteiger partial charge in [-0.2, -0.15) is 5.10 Å². The molecule has 0 aliphatic carbocycles. The molecule has 0 saturated heterocycles. The van der Waals surface area contributed by atoms with Gasteiger partial charge in [-0.1, -0.05) is 6.92 Å². The van der Waals surface area contributed by atoms with Gasteiger partial charge in [0, 0.05) is 30.4 Å². The maximum Gasteiger partial charge on any atom is 0.271 e. The van der Waals surface area contributed by atoms with Crippen LogP contribution in [-0.2, 0) is 6.54 Å². The number of benzene rings is 1. The van der Waals surface area contributed by atoms with Gasteiger partial charge in [0.25, 0.3) is 5.69 Å². The summed E-state index contributed by atoms with van der Waals surface area (Å²) in [7, 11) is 1.53. The minimum absolute atomic E-state index is 0.00665. The number of nitrogens with zero attached hydrogens (tertiary/aromatic N) is 3. The highest BCUT2D eigenvalue weighted by molar-refractivity contribution is 5.53. The molecule has 0 unspecified atom stereocenters. The number of nitrogens with one attached hydrogen (secondary N) is 1. The number of aromatic nitrogens is 2. The van der Waals surface area contributed by atoms with Gasteiger partial charge in [-0.3, -0.25) is 10.1 Å². The van der Waals surface area contributed by atoms with E-state index >= 15 is 0 Å². The maximum absolute atomic E-state index is 10.9. The number of hydrogen-bond acceptors (Lipinski definition) is 5. The summed E-state index contributed by atoms with van der Waals surface area (Å²) < 4.78 is 6.88. The fraction of sp³-hybridized carbons (Fsp3) is 0.357. The lowest BCUT2D eigenvalue weighted by Gasteiger charge is -2.07. The normalized spacial score (nSPS) is 10.6. The van der Waals surface area contributed by atoms with E-state index in [0.717, 1.165) is 17.8 Å². The molecule has 1 aromatic heterocycles. The first-order valence-electron chi connectivity index (χ1n) is 6.65. The Balaban J connectivity index is 2.44. The molecule has 0 aliphatic heterocycles. The highest BCUT2D eigenvalue weighted by atomic mass is 16.6. The first-order valence-corrected chi connectivity index (χ1v) is 6.65. The first-order chi connectivity index (χ1) is 10.1. The molecule has 21 heavy (non-hydrogen) atoms. The molecule has 0 atom stereocenters. The van der Waals surface area contributed by atoms with Crippen LogP contribution in [0.2, 0.25) is 0 Å². The van der Waals surface area contributed by atoms with E-state index in [0.29, 0.717) is 18.0 Å². The van der Waals surface area contributed by atoms with Crippen molar-refractivity contribution in [2.75, 3.05) is 13.7 Å². The number of non-ortho nitro benzene ring substituents is 1. The van der Waals surface area contributed by atoms with Gasteiger partial charge < -0.3 is 10.1 Å². The van der Waals surface area contributed by atoms with Crippen molar-refractivity contribution in [3.63, 3.8) is 0 Å². The summed E-state index contributed by atoms with van der Waals surface area (Å²) in [5, 5.41) is 18.6. The standard InChI is InChI=1S/C14H18N4O3/c1-4-15-8-11-9-17(16-10(11)2)13-7-12(18(19)20)5-6-14(13)21-3/h5-7,9,15H,4,8H2,1-3H3. The van der Waals surface area contributed by atoms with E-state index in [1.54, 1.807) is 10.7 Å². The van der Waals surface area contributed by atoms with Crippen molar-refractivity contribution in [1.29, 1.82) is 0 Å². The largest absolute Gasteiger partial charge is 0.494 e. The van der Waals surface area contributed by atoms with E-state index in [9.17, 15) is 10.1 Å². The maximum atomic E-state index is 10.9. The summed E-state index contributed by atoms with van der Waals surface area (Å²) >= 11 is 0. The summed E-state index contributed by atoms with van der Waals surface area (Å²) in [6.07, 6.45) is 1.86. The Morgan fingerprint density at radius 1 is 1.48 bits per heavy atom. The zero-order valence-electron chi connectivity index (χ0n) is 12.3. The van der Waals surface area contributed by atoms with Gasteiger partial charge >= 0.3 is 0 Å². The van der Waals surface area contributed by atoms with E-state index in [1.165, 1.54) is 19.2 Å². The van der Waals surface area contributed by atoms with E-state index in [4.69, 9.17) is 4.74 Å². The predicted molar refractivity (Wildman–Crippen MR) is 78.9 cm³/mol. The molecule has 0 radical (unpaired) electrons. The Labute approximate surface area is 122 Å². The average Bonchev–Trinajstić information content (AvgIpc) is 2.85. The molecular weight excluding hydrogens is 272 g/mol. The lowest BCUT2D eigenvalue weighted by atomic mass is 10.2. The van der Waals surface area contributed by atoms with Crippen LogP contribution in [0.4, 0.5) is 5.69 Å². The molecule has 1 heterocycles. The molecular formula is C14H18N4O3. The van der Waals surface area contributed by atoms with Crippen LogP contribution in [0.1, 0.15) is 18.2 Å². The molecule has 0 saturated carbocycles.